The van der Waals surface area contributed by atoms with Gasteiger partial charge in [0.15, 0.2) is 0 Å². The summed E-state index contributed by atoms with van der Waals surface area (Å²) in [4.78, 5) is 22.3. The number of rotatable bonds is 4. The van der Waals surface area contributed by atoms with Crippen molar-refractivity contribution in [3.8, 4) is 16.9 Å². The number of alkyl halides is 3. The number of carboxylic acid groups (broad SMARTS) is 1. The van der Waals surface area contributed by atoms with Crippen LogP contribution in [0.1, 0.15) is 22.3 Å². The summed E-state index contributed by atoms with van der Waals surface area (Å²) in [6.07, 6.45) is 0.0726. The molecule has 0 saturated carbocycles. The number of aromatic nitrogens is 2. The number of hydrogen-bond acceptors (Lipinski definition) is 6. The molecule has 4 aromatic rings. The fraction of sp³-hybridized carbons (Fsp3) is 0.111. The maximum absolute atomic E-state index is 10.6. The fourth-order valence-electron chi connectivity index (χ4n) is 4.13. The van der Waals surface area contributed by atoms with Crippen LogP contribution in [0, 0.1) is 0 Å². The number of aliphatic carboxylic acids is 1. The zero-order valence-corrected chi connectivity index (χ0v) is 19.5. The van der Waals surface area contributed by atoms with Crippen molar-refractivity contribution in [2.75, 3.05) is 7.11 Å². The molecule has 1 atom stereocenters. The number of fused-ring (bicyclic) bond motifs is 1. The molecular formula is C27H21F3N4O3. The van der Waals surface area contributed by atoms with E-state index in [2.05, 4.69) is 46.4 Å². The van der Waals surface area contributed by atoms with Gasteiger partial charge in [-0.2, -0.15) is 13.2 Å². The zero-order valence-electron chi connectivity index (χ0n) is 19.5. The van der Waals surface area contributed by atoms with Crippen LogP contribution in [0.4, 0.5) is 13.2 Å². The molecular weight excluding hydrogens is 485 g/mol. The van der Waals surface area contributed by atoms with E-state index in [1.54, 1.807) is 7.11 Å². The Morgan fingerprint density at radius 2 is 1.57 bits per heavy atom. The second kappa shape index (κ2) is 10.1. The highest BCUT2D eigenvalue weighted by Crippen LogP contribution is 2.46. The van der Waals surface area contributed by atoms with Crippen LogP contribution in [0.2, 0.25) is 0 Å². The van der Waals surface area contributed by atoms with Crippen LogP contribution in [0.5, 0.6) is 5.75 Å². The van der Waals surface area contributed by atoms with Gasteiger partial charge in [-0.05, 0) is 40.5 Å². The maximum atomic E-state index is 10.6. The number of carbonyl (C=O) groups is 1. The lowest BCUT2D eigenvalue weighted by molar-refractivity contribution is -0.192. The molecule has 3 N–H and O–H groups in total. The van der Waals surface area contributed by atoms with Crippen molar-refractivity contribution in [1.29, 1.82) is 0 Å². The quantitative estimate of drug-likeness (QED) is 0.412. The van der Waals surface area contributed by atoms with Crippen molar-refractivity contribution < 1.29 is 27.8 Å². The summed E-state index contributed by atoms with van der Waals surface area (Å²) in [5, 5.41) is 7.12. The Morgan fingerprint density at radius 1 is 0.919 bits per heavy atom. The Labute approximate surface area is 210 Å². The van der Waals surface area contributed by atoms with Gasteiger partial charge < -0.3 is 15.6 Å². The van der Waals surface area contributed by atoms with Gasteiger partial charge in [-0.25, -0.2) is 19.8 Å². The van der Waals surface area contributed by atoms with Crippen molar-refractivity contribution in [3.05, 3.63) is 114 Å². The lowest BCUT2D eigenvalue weighted by Gasteiger charge is -2.29. The van der Waals surface area contributed by atoms with Crippen LogP contribution in [0.3, 0.4) is 0 Å². The Bertz CT molecular complexity index is 1440. The predicted octanol–water partition coefficient (Wildman–Crippen LogP) is 4.80. The molecule has 0 aliphatic carbocycles. The van der Waals surface area contributed by atoms with Crippen molar-refractivity contribution in [1.82, 2.24) is 9.97 Å². The van der Waals surface area contributed by atoms with Gasteiger partial charge in [0.1, 0.15) is 23.5 Å². The third-order valence-corrected chi connectivity index (χ3v) is 5.81. The molecule has 1 unspecified atom stereocenters. The Hall–Kier alpha value is -4.73. The first-order valence-electron chi connectivity index (χ1n) is 10.9. The molecule has 0 saturated heterocycles. The molecule has 7 nitrogen and oxygen atoms in total. The van der Waals surface area contributed by atoms with Gasteiger partial charge in [0.25, 0.3) is 0 Å². The van der Waals surface area contributed by atoms with Crippen LogP contribution in [-0.4, -0.2) is 40.2 Å². The van der Waals surface area contributed by atoms with Gasteiger partial charge in [-0.15, -0.1) is 0 Å². The average Bonchev–Trinajstić information content (AvgIpc) is 3.22. The number of aliphatic imine (C=N–C) groups is 1. The van der Waals surface area contributed by atoms with Crippen LogP contribution in [-0.2, 0) is 10.3 Å². The maximum Gasteiger partial charge on any atom is 0.490 e. The Balaban J connectivity index is 0.000000405. The van der Waals surface area contributed by atoms with Crippen LogP contribution in [0.15, 0.2) is 96.5 Å². The molecule has 1 aromatic heterocycles. The first-order chi connectivity index (χ1) is 17.7. The highest BCUT2D eigenvalue weighted by molar-refractivity contribution is 6.03. The molecule has 0 amide bonds. The molecule has 0 radical (unpaired) electrons. The summed E-state index contributed by atoms with van der Waals surface area (Å²) >= 11 is 0. The summed E-state index contributed by atoms with van der Waals surface area (Å²) in [5.41, 5.74) is 11.7. The largest absolute Gasteiger partial charge is 0.497 e. The molecule has 37 heavy (non-hydrogen) atoms. The Kier molecular flexibility index (Phi) is 6.92. The van der Waals surface area contributed by atoms with E-state index in [0.29, 0.717) is 5.84 Å². The number of methoxy groups -OCH3 is 1. The predicted molar refractivity (Wildman–Crippen MR) is 131 cm³/mol. The van der Waals surface area contributed by atoms with Crippen LogP contribution < -0.4 is 10.5 Å². The molecule has 1 aliphatic heterocycles. The summed E-state index contributed by atoms with van der Waals surface area (Å²) < 4.78 is 37.1. The van der Waals surface area contributed by atoms with Gasteiger partial charge in [-0.1, -0.05) is 54.6 Å². The first-order valence-corrected chi connectivity index (χ1v) is 10.9. The molecule has 0 fully saturated rings. The topological polar surface area (TPSA) is 111 Å². The summed E-state index contributed by atoms with van der Waals surface area (Å²) in [6.45, 7) is 0. The normalized spacial score (nSPS) is 16.2. The van der Waals surface area contributed by atoms with Crippen molar-refractivity contribution in [2.45, 2.75) is 11.7 Å². The summed E-state index contributed by atoms with van der Waals surface area (Å²) in [6, 6.07) is 24.5. The van der Waals surface area contributed by atoms with Crippen molar-refractivity contribution in [2.24, 2.45) is 10.7 Å². The monoisotopic (exact) mass is 506 g/mol. The molecule has 0 spiro atoms. The second-order valence-corrected chi connectivity index (χ2v) is 7.99. The number of hydrogen-bond donors (Lipinski definition) is 2. The lowest BCUT2D eigenvalue weighted by Crippen LogP contribution is -2.25. The van der Waals surface area contributed by atoms with E-state index in [-0.39, 0.29) is 0 Å². The first kappa shape index (κ1) is 25.4. The second-order valence-electron chi connectivity index (χ2n) is 7.99. The van der Waals surface area contributed by atoms with Crippen LogP contribution >= 0.6 is 0 Å². The van der Waals surface area contributed by atoms with Gasteiger partial charge in [-0.3, -0.25) is 0 Å². The molecule has 1 aliphatic rings. The minimum Gasteiger partial charge on any atom is -0.497 e. The number of nitrogens with two attached hydrogens (primary N) is 1. The molecule has 0 bridgehead atoms. The summed E-state index contributed by atoms with van der Waals surface area (Å²) in [5.74, 6) is -1.42. The van der Waals surface area contributed by atoms with Gasteiger partial charge >= 0.3 is 12.1 Å². The minimum absolute atomic E-state index is 0.537. The summed E-state index contributed by atoms with van der Waals surface area (Å²) in [7, 11) is 1.66. The molecule has 3 aromatic carbocycles. The molecule has 188 valence electrons. The van der Waals surface area contributed by atoms with E-state index in [9.17, 15) is 13.2 Å². The number of nitrogens with zero attached hydrogens (tertiary/aromatic N) is 3. The molecule has 2 heterocycles. The number of ether oxygens (including phenoxy) is 1. The number of halogens is 3. The standard InChI is InChI=1S/C25H20N4O.C2HF3O2/c1-30-21-11-9-19(10-12-21)25(23-8-3-2-7-22(23)24(26)29-25)20-6-4-5-17(13-20)18-14-27-16-28-15-18;3-2(4,5)1(6)7/h2-16H,1H3,(H2,26,29);(H,6,7). The van der Waals surface area contributed by atoms with Gasteiger partial charge in [0.2, 0.25) is 0 Å². The van der Waals surface area contributed by atoms with E-state index < -0.39 is 17.7 Å². The SMILES string of the molecule is COc1ccc(C2(c3cccc(-c4cncnc4)c3)N=C(N)c3ccccc32)cc1.O=C(O)C(F)(F)F. The van der Waals surface area contributed by atoms with E-state index in [0.717, 1.165) is 39.1 Å². The lowest BCUT2D eigenvalue weighted by atomic mass is 9.77. The van der Waals surface area contributed by atoms with E-state index in [1.807, 2.05) is 48.8 Å². The zero-order chi connectivity index (χ0) is 26.6. The van der Waals surface area contributed by atoms with E-state index >= 15 is 0 Å². The van der Waals surface area contributed by atoms with E-state index in [4.69, 9.17) is 25.4 Å². The van der Waals surface area contributed by atoms with Crippen LogP contribution in [0.25, 0.3) is 11.1 Å². The Morgan fingerprint density at radius 3 is 2.19 bits per heavy atom. The third-order valence-electron chi connectivity index (χ3n) is 5.81. The highest BCUT2D eigenvalue weighted by atomic mass is 19.4. The smallest absolute Gasteiger partial charge is 0.490 e. The molecule has 10 heteroatoms. The average molecular weight is 506 g/mol. The molecule has 5 rings (SSSR count). The number of carboxylic acids is 1. The van der Waals surface area contributed by atoms with Crippen molar-refractivity contribution >= 4 is 11.8 Å². The third kappa shape index (κ3) is 4.99. The van der Waals surface area contributed by atoms with E-state index in [1.165, 1.54) is 6.33 Å². The highest BCUT2D eigenvalue weighted by Gasteiger charge is 2.42. The fourth-order valence-corrected chi connectivity index (χ4v) is 4.13. The van der Waals surface area contributed by atoms with Gasteiger partial charge in [0.05, 0.1) is 7.11 Å². The van der Waals surface area contributed by atoms with Gasteiger partial charge in [0, 0.05) is 23.5 Å². The number of amidine groups is 1. The van der Waals surface area contributed by atoms with Crippen molar-refractivity contribution in [3.63, 3.8) is 0 Å². The number of benzene rings is 3. The minimum atomic E-state index is -5.08.